The van der Waals surface area contributed by atoms with E-state index >= 15 is 0 Å². The lowest BCUT2D eigenvalue weighted by Gasteiger charge is -2.37. The lowest BCUT2D eigenvalue weighted by molar-refractivity contribution is 0.183. The van der Waals surface area contributed by atoms with Crippen molar-refractivity contribution < 1.29 is 14.3 Å². The van der Waals surface area contributed by atoms with Gasteiger partial charge < -0.3 is 19.7 Å². The van der Waals surface area contributed by atoms with Crippen molar-refractivity contribution in [3.8, 4) is 11.5 Å². The molecule has 0 saturated carbocycles. The number of ether oxygens (including phenoxy) is 2. The third-order valence-electron chi connectivity index (χ3n) is 4.16. The van der Waals surface area contributed by atoms with Crippen LogP contribution in [0.4, 0.5) is 4.79 Å². The first-order chi connectivity index (χ1) is 11.2. The Labute approximate surface area is 139 Å². The van der Waals surface area contributed by atoms with Gasteiger partial charge in [0.15, 0.2) is 11.5 Å². The highest BCUT2D eigenvalue weighted by Gasteiger charge is 2.33. The van der Waals surface area contributed by atoms with E-state index in [-0.39, 0.29) is 12.1 Å². The molecular formula is C17H20N2O3S. The van der Waals surface area contributed by atoms with Crippen molar-refractivity contribution in [2.24, 2.45) is 0 Å². The number of nitrogens with zero attached hydrogens (tertiary/aromatic N) is 1. The minimum atomic E-state index is -0.0986. The van der Waals surface area contributed by atoms with Gasteiger partial charge in [-0.15, -0.1) is 11.3 Å². The number of hydrogen-bond acceptors (Lipinski definition) is 4. The fourth-order valence-corrected chi connectivity index (χ4v) is 3.92. The smallest absolute Gasteiger partial charge is 0.317 e. The summed E-state index contributed by atoms with van der Waals surface area (Å²) in [6, 6.07) is 7.93. The van der Waals surface area contributed by atoms with Gasteiger partial charge >= 0.3 is 6.03 Å². The van der Waals surface area contributed by atoms with Crippen molar-refractivity contribution in [2.75, 3.05) is 27.8 Å². The molecule has 0 saturated heterocycles. The standard InChI is InChI=1S/C17H20N2O3S/c1-18-17(20)19-7-6-11-9-13(21-2)14(22-3)10-12(11)16(19)15-5-4-8-23-15/h4-5,8-10,16H,6-7H2,1-3H3,(H,18,20)/t16-/m0/s1. The predicted molar refractivity (Wildman–Crippen MR) is 90.6 cm³/mol. The molecule has 0 spiro atoms. The van der Waals surface area contributed by atoms with Gasteiger partial charge in [0.05, 0.1) is 20.3 Å². The van der Waals surface area contributed by atoms with Crippen LogP contribution in [0.5, 0.6) is 11.5 Å². The summed E-state index contributed by atoms with van der Waals surface area (Å²) in [6.45, 7) is 0.671. The topological polar surface area (TPSA) is 50.8 Å². The molecule has 2 heterocycles. The molecule has 122 valence electrons. The zero-order chi connectivity index (χ0) is 16.4. The first-order valence-electron chi connectivity index (χ1n) is 7.46. The van der Waals surface area contributed by atoms with E-state index in [0.29, 0.717) is 12.3 Å². The van der Waals surface area contributed by atoms with Crippen LogP contribution >= 0.6 is 11.3 Å². The molecule has 2 amide bonds. The van der Waals surface area contributed by atoms with Gasteiger partial charge in [-0.3, -0.25) is 0 Å². The van der Waals surface area contributed by atoms with Crippen LogP contribution in [0.15, 0.2) is 29.6 Å². The minimum Gasteiger partial charge on any atom is -0.493 e. The molecule has 5 nitrogen and oxygen atoms in total. The van der Waals surface area contributed by atoms with E-state index in [1.807, 2.05) is 28.5 Å². The third kappa shape index (κ3) is 2.74. The highest BCUT2D eigenvalue weighted by Crippen LogP contribution is 2.42. The second kappa shape index (κ2) is 6.50. The number of hydrogen-bond donors (Lipinski definition) is 1. The maximum Gasteiger partial charge on any atom is 0.317 e. The molecule has 1 aromatic heterocycles. The second-order valence-electron chi connectivity index (χ2n) is 5.32. The second-order valence-corrected chi connectivity index (χ2v) is 6.30. The molecule has 3 rings (SSSR count). The SMILES string of the molecule is CNC(=O)N1CCc2cc(OC)c(OC)cc2[C@H]1c1cccs1. The largest absolute Gasteiger partial charge is 0.493 e. The fourth-order valence-electron chi connectivity index (χ4n) is 3.06. The molecule has 1 aromatic carbocycles. The lowest BCUT2D eigenvalue weighted by atomic mass is 9.91. The van der Waals surface area contributed by atoms with Crippen LogP contribution in [0.1, 0.15) is 22.0 Å². The van der Waals surface area contributed by atoms with Gasteiger partial charge in [-0.05, 0) is 41.1 Å². The Morgan fingerprint density at radius 3 is 2.65 bits per heavy atom. The summed E-state index contributed by atoms with van der Waals surface area (Å²) in [5, 5.41) is 4.78. The highest BCUT2D eigenvalue weighted by atomic mass is 32.1. The number of nitrogens with one attached hydrogen (secondary N) is 1. The Balaban J connectivity index is 2.14. The lowest BCUT2D eigenvalue weighted by Crippen LogP contribution is -2.44. The number of amides is 2. The van der Waals surface area contributed by atoms with Gasteiger partial charge in [0.25, 0.3) is 0 Å². The van der Waals surface area contributed by atoms with Crippen molar-refractivity contribution >= 4 is 17.4 Å². The van der Waals surface area contributed by atoms with Gasteiger partial charge in [0, 0.05) is 18.5 Å². The molecule has 0 fully saturated rings. The number of benzene rings is 1. The summed E-state index contributed by atoms with van der Waals surface area (Å²) in [4.78, 5) is 15.3. The first kappa shape index (κ1) is 15.7. The van der Waals surface area contributed by atoms with Crippen molar-refractivity contribution in [3.05, 3.63) is 45.6 Å². The Bertz CT molecular complexity index is 700. The van der Waals surface area contributed by atoms with Gasteiger partial charge in [-0.1, -0.05) is 6.07 Å². The summed E-state index contributed by atoms with van der Waals surface area (Å²) < 4.78 is 10.9. The molecule has 23 heavy (non-hydrogen) atoms. The van der Waals surface area contributed by atoms with Crippen LogP contribution in [0.3, 0.4) is 0 Å². The van der Waals surface area contributed by atoms with Gasteiger partial charge in [-0.25, -0.2) is 4.79 Å². The molecule has 2 aromatic rings. The van der Waals surface area contributed by atoms with Crippen LogP contribution < -0.4 is 14.8 Å². The maximum absolute atomic E-state index is 12.3. The number of carbonyl (C=O) groups is 1. The predicted octanol–water partition coefficient (Wildman–Crippen LogP) is 3.05. The Morgan fingerprint density at radius 1 is 1.30 bits per heavy atom. The Morgan fingerprint density at radius 2 is 2.04 bits per heavy atom. The number of rotatable bonds is 3. The van der Waals surface area contributed by atoms with E-state index < -0.39 is 0 Å². The normalized spacial score (nSPS) is 16.7. The van der Waals surface area contributed by atoms with Crippen molar-refractivity contribution in [1.82, 2.24) is 10.2 Å². The van der Waals surface area contributed by atoms with Crippen LogP contribution in [0, 0.1) is 0 Å². The van der Waals surface area contributed by atoms with Gasteiger partial charge in [0.2, 0.25) is 0 Å². The quantitative estimate of drug-likeness (QED) is 0.940. The average molecular weight is 332 g/mol. The van der Waals surface area contributed by atoms with Crippen molar-refractivity contribution in [2.45, 2.75) is 12.5 Å². The molecule has 0 unspecified atom stereocenters. The molecule has 1 aliphatic rings. The Kier molecular flexibility index (Phi) is 4.43. The van der Waals surface area contributed by atoms with Crippen molar-refractivity contribution in [1.29, 1.82) is 0 Å². The fraction of sp³-hybridized carbons (Fsp3) is 0.353. The molecule has 1 atom stereocenters. The van der Waals surface area contributed by atoms with Crippen molar-refractivity contribution in [3.63, 3.8) is 0 Å². The summed E-state index contributed by atoms with van der Waals surface area (Å²) >= 11 is 1.65. The van der Waals surface area contributed by atoms with E-state index in [0.717, 1.165) is 22.6 Å². The van der Waals surface area contributed by atoms with E-state index in [1.54, 1.807) is 32.6 Å². The maximum atomic E-state index is 12.3. The summed E-state index contributed by atoms with van der Waals surface area (Å²) in [6.07, 6.45) is 0.797. The van der Waals surface area contributed by atoms with E-state index in [9.17, 15) is 4.79 Å². The van der Waals surface area contributed by atoms with Crippen LogP contribution in [0.2, 0.25) is 0 Å². The van der Waals surface area contributed by atoms with E-state index in [4.69, 9.17) is 9.47 Å². The number of thiophene rings is 1. The zero-order valence-corrected chi connectivity index (χ0v) is 14.3. The van der Waals surface area contributed by atoms with Gasteiger partial charge in [0.1, 0.15) is 0 Å². The molecule has 0 aliphatic carbocycles. The zero-order valence-electron chi connectivity index (χ0n) is 13.5. The number of methoxy groups -OCH3 is 2. The molecule has 0 radical (unpaired) electrons. The summed E-state index contributed by atoms with van der Waals surface area (Å²) in [7, 11) is 4.93. The monoisotopic (exact) mass is 332 g/mol. The van der Waals surface area contributed by atoms with E-state index in [2.05, 4.69) is 11.4 Å². The van der Waals surface area contributed by atoms with Crippen LogP contribution in [0.25, 0.3) is 0 Å². The van der Waals surface area contributed by atoms with Crippen LogP contribution in [-0.2, 0) is 6.42 Å². The molecular weight excluding hydrogens is 312 g/mol. The average Bonchev–Trinajstić information content (AvgIpc) is 3.12. The van der Waals surface area contributed by atoms with Gasteiger partial charge in [-0.2, -0.15) is 0 Å². The molecule has 1 N–H and O–H groups in total. The Hall–Kier alpha value is -2.21. The van der Waals surface area contributed by atoms with Crippen LogP contribution in [-0.4, -0.2) is 38.7 Å². The molecule has 6 heteroatoms. The molecule has 1 aliphatic heterocycles. The highest BCUT2D eigenvalue weighted by molar-refractivity contribution is 7.10. The minimum absolute atomic E-state index is 0.0659. The summed E-state index contributed by atoms with van der Waals surface area (Å²) in [5.41, 5.74) is 2.29. The summed E-state index contributed by atoms with van der Waals surface area (Å²) in [5.74, 6) is 1.41. The number of carbonyl (C=O) groups excluding carboxylic acids is 1. The third-order valence-corrected chi connectivity index (χ3v) is 5.09. The first-order valence-corrected chi connectivity index (χ1v) is 8.34. The number of fused-ring (bicyclic) bond motifs is 1. The number of urea groups is 1. The molecule has 0 bridgehead atoms. The van der Waals surface area contributed by atoms with E-state index in [1.165, 1.54) is 5.56 Å².